The van der Waals surface area contributed by atoms with E-state index in [1.165, 1.54) is 10.9 Å². The molecule has 1 aromatic rings. The van der Waals surface area contributed by atoms with Crippen LogP contribution in [0.15, 0.2) is 6.20 Å². The van der Waals surface area contributed by atoms with Gasteiger partial charge in [-0.2, -0.15) is 5.10 Å². The van der Waals surface area contributed by atoms with Crippen LogP contribution in [-0.2, 0) is 16.6 Å². The summed E-state index contributed by atoms with van der Waals surface area (Å²) in [7, 11) is 1.69. The largest absolute Gasteiger partial charge is 0.460 e. The lowest BCUT2D eigenvalue weighted by molar-refractivity contribution is -0.137. The van der Waals surface area contributed by atoms with Crippen molar-refractivity contribution in [2.24, 2.45) is 7.05 Å². The zero-order valence-corrected chi connectivity index (χ0v) is 8.40. The SMILES string of the molecule is CCOC(=O)C(=O)c1cn(C)nc1C. The second kappa shape index (κ2) is 4.04. The van der Waals surface area contributed by atoms with Crippen molar-refractivity contribution in [3.05, 3.63) is 17.5 Å². The fourth-order valence-electron chi connectivity index (χ4n) is 1.13. The number of ether oxygens (including phenoxy) is 1. The summed E-state index contributed by atoms with van der Waals surface area (Å²) >= 11 is 0. The third kappa shape index (κ3) is 1.99. The second-order valence-corrected chi connectivity index (χ2v) is 2.85. The molecule has 1 aromatic heterocycles. The third-order valence-corrected chi connectivity index (χ3v) is 1.72. The lowest BCUT2D eigenvalue weighted by atomic mass is 10.2. The summed E-state index contributed by atoms with van der Waals surface area (Å²) in [5, 5.41) is 3.96. The highest BCUT2D eigenvalue weighted by Crippen LogP contribution is 2.06. The smallest absolute Gasteiger partial charge is 0.379 e. The summed E-state index contributed by atoms with van der Waals surface area (Å²) in [6.07, 6.45) is 1.51. The lowest BCUT2D eigenvalue weighted by Crippen LogP contribution is -2.17. The van der Waals surface area contributed by atoms with Crippen LogP contribution in [0.4, 0.5) is 0 Å². The molecule has 5 nitrogen and oxygen atoms in total. The summed E-state index contributed by atoms with van der Waals surface area (Å²) in [6, 6.07) is 0. The second-order valence-electron chi connectivity index (χ2n) is 2.85. The van der Waals surface area contributed by atoms with E-state index >= 15 is 0 Å². The highest BCUT2D eigenvalue weighted by atomic mass is 16.5. The van der Waals surface area contributed by atoms with Gasteiger partial charge in [-0.3, -0.25) is 9.48 Å². The summed E-state index contributed by atoms with van der Waals surface area (Å²) in [5.74, 6) is -1.47. The van der Waals surface area contributed by atoms with Crippen molar-refractivity contribution in [2.45, 2.75) is 13.8 Å². The van der Waals surface area contributed by atoms with Gasteiger partial charge in [0.1, 0.15) is 0 Å². The van der Waals surface area contributed by atoms with Gasteiger partial charge in [-0.15, -0.1) is 0 Å². The van der Waals surface area contributed by atoms with E-state index in [-0.39, 0.29) is 6.61 Å². The maximum Gasteiger partial charge on any atom is 0.379 e. The Bertz CT molecular complexity index is 368. The van der Waals surface area contributed by atoms with Crippen LogP contribution in [-0.4, -0.2) is 28.1 Å². The monoisotopic (exact) mass is 196 g/mol. The van der Waals surface area contributed by atoms with Gasteiger partial charge in [-0.25, -0.2) is 4.79 Å². The fourth-order valence-corrected chi connectivity index (χ4v) is 1.13. The zero-order valence-electron chi connectivity index (χ0n) is 8.40. The van der Waals surface area contributed by atoms with Gasteiger partial charge in [0.25, 0.3) is 5.78 Å². The van der Waals surface area contributed by atoms with Gasteiger partial charge in [0, 0.05) is 13.2 Å². The average Bonchev–Trinajstić information content (AvgIpc) is 2.44. The van der Waals surface area contributed by atoms with Gasteiger partial charge in [0.15, 0.2) is 0 Å². The highest BCUT2D eigenvalue weighted by molar-refractivity contribution is 6.40. The molecule has 1 rings (SSSR count). The molecule has 1 heterocycles. The van der Waals surface area contributed by atoms with Crippen LogP contribution in [0, 0.1) is 6.92 Å². The predicted octanol–water partition coefficient (Wildman–Crippen LogP) is 0.474. The number of hydrogen-bond acceptors (Lipinski definition) is 4. The van der Waals surface area contributed by atoms with Crippen LogP contribution < -0.4 is 0 Å². The first-order valence-corrected chi connectivity index (χ1v) is 4.28. The Kier molecular flexibility index (Phi) is 3.01. The quantitative estimate of drug-likeness (QED) is 0.400. The molecule has 0 saturated heterocycles. The van der Waals surface area contributed by atoms with Crippen molar-refractivity contribution in [3.8, 4) is 0 Å². The van der Waals surface area contributed by atoms with E-state index in [2.05, 4.69) is 9.84 Å². The minimum atomic E-state index is -0.830. The number of Topliss-reactive ketones (excluding diaryl/α,β-unsaturated/α-hetero) is 1. The molecule has 0 bridgehead atoms. The van der Waals surface area contributed by atoms with Gasteiger partial charge < -0.3 is 4.74 Å². The van der Waals surface area contributed by atoms with Crippen molar-refractivity contribution in [2.75, 3.05) is 6.61 Å². The number of esters is 1. The van der Waals surface area contributed by atoms with Gasteiger partial charge in [0.2, 0.25) is 0 Å². The number of carbonyl (C=O) groups excluding carboxylic acids is 2. The molecule has 0 aliphatic carbocycles. The molecule has 0 fully saturated rings. The molecular weight excluding hydrogens is 184 g/mol. The Morgan fingerprint density at radius 1 is 1.57 bits per heavy atom. The van der Waals surface area contributed by atoms with Gasteiger partial charge >= 0.3 is 5.97 Å². The Morgan fingerprint density at radius 2 is 2.21 bits per heavy atom. The summed E-state index contributed by atoms with van der Waals surface area (Å²) < 4.78 is 6.08. The Balaban J connectivity index is 2.89. The molecule has 0 aromatic carbocycles. The van der Waals surface area contributed by atoms with Crippen LogP contribution in [0.2, 0.25) is 0 Å². The topological polar surface area (TPSA) is 61.2 Å². The van der Waals surface area contributed by atoms with E-state index in [4.69, 9.17) is 0 Å². The highest BCUT2D eigenvalue weighted by Gasteiger charge is 2.21. The molecular formula is C9H12N2O3. The third-order valence-electron chi connectivity index (χ3n) is 1.72. The van der Waals surface area contributed by atoms with E-state index in [0.717, 1.165) is 0 Å². The van der Waals surface area contributed by atoms with E-state index in [1.807, 2.05) is 0 Å². The molecule has 0 atom stereocenters. The van der Waals surface area contributed by atoms with Crippen molar-refractivity contribution in [1.29, 1.82) is 0 Å². The maximum absolute atomic E-state index is 11.4. The normalized spacial score (nSPS) is 9.93. The van der Waals surface area contributed by atoms with Crippen molar-refractivity contribution in [1.82, 2.24) is 9.78 Å². The average molecular weight is 196 g/mol. The van der Waals surface area contributed by atoms with E-state index in [9.17, 15) is 9.59 Å². The molecule has 0 aliphatic heterocycles. The molecule has 0 aliphatic rings. The van der Waals surface area contributed by atoms with Crippen molar-refractivity contribution >= 4 is 11.8 Å². The van der Waals surface area contributed by atoms with Crippen molar-refractivity contribution in [3.63, 3.8) is 0 Å². The minimum Gasteiger partial charge on any atom is -0.460 e. The molecule has 0 N–H and O–H groups in total. The summed E-state index contributed by atoms with van der Waals surface area (Å²) in [6.45, 7) is 3.53. The predicted molar refractivity (Wildman–Crippen MR) is 48.9 cm³/mol. The number of aromatic nitrogens is 2. The van der Waals surface area contributed by atoms with Crippen LogP contribution in [0.1, 0.15) is 23.0 Å². The minimum absolute atomic E-state index is 0.198. The number of carbonyl (C=O) groups is 2. The Morgan fingerprint density at radius 3 is 2.64 bits per heavy atom. The number of rotatable bonds is 3. The summed E-state index contributed by atoms with van der Waals surface area (Å²) in [4.78, 5) is 22.5. The lowest BCUT2D eigenvalue weighted by Gasteiger charge is -1.98. The van der Waals surface area contributed by atoms with Gasteiger partial charge in [-0.1, -0.05) is 0 Å². The van der Waals surface area contributed by atoms with Crippen molar-refractivity contribution < 1.29 is 14.3 Å². The molecule has 0 spiro atoms. The maximum atomic E-state index is 11.4. The number of aryl methyl sites for hydroxylation is 2. The van der Waals surface area contributed by atoms with E-state index in [0.29, 0.717) is 11.3 Å². The number of ketones is 1. The first-order valence-electron chi connectivity index (χ1n) is 4.28. The van der Waals surface area contributed by atoms with Crippen LogP contribution >= 0.6 is 0 Å². The Labute approximate surface area is 81.7 Å². The molecule has 14 heavy (non-hydrogen) atoms. The Hall–Kier alpha value is -1.65. The first kappa shape index (κ1) is 10.4. The zero-order chi connectivity index (χ0) is 10.7. The molecule has 76 valence electrons. The van der Waals surface area contributed by atoms with Crippen LogP contribution in [0.5, 0.6) is 0 Å². The van der Waals surface area contributed by atoms with E-state index in [1.54, 1.807) is 20.9 Å². The van der Waals surface area contributed by atoms with Gasteiger partial charge in [-0.05, 0) is 13.8 Å². The molecule has 5 heteroatoms. The van der Waals surface area contributed by atoms with Gasteiger partial charge in [0.05, 0.1) is 17.9 Å². The molecule has 0 saturated carbocycles. The summed E-state index contributed by atoms with van der Waals surface area (Å²) in [5.41, 5.74) is 0.830. The van der Waals surface area contributed by atoms with Crippen LogP contribution in [0.25, 0.3) is 0 Å². The number of hydrogen-bond donors (Lipinski definition) is 0. The molecule has 0 amide bonds. The first-order chi connectivity index (χ1) is 6.56. The fraction of sp³-hybridized carbons (Fsp3) is 0.444. The van der Waals surface area contributed by atoms with Crippen LogP contribution in [0.3, 0.4) is 0 Å². The molecule has 0 radical (unpaired) electrons. The molecule has 0 unspecified atom stereocenters. The van der Waals surface area contributed by atoms with E-state index < -0.39 is 11.8 Å². The standard InChI is InChI=1S/C9H12N2O3/c1-4-14-9(13)8(12)7-5-11(3)10-6(7)2/h5H,4H2,1-3H3. The number of nitrogens with zero attached hydrogens (tertiary/aromatic N) is 2.